The van der Waals surface area contributed by atoms with Crippen molar-refractivity contribution in [3.05, 3.63) is 23.4 Å². The Morgan fingerprint density at radius 3 is 2.88 bits per heavy atom. The largest absolute Gasteiger partial charge is 0.383 e. The van der Waals surface area contributed by atoms with Crippen molar-refractivity contribution in [1.29, 1.82) is 0 Å². The number of anilines is 1. The Bertz CT molecular complexity index is 356. The highest BCUT2D eigenvalue weighted by Crippen LogP contribution is 2.17. The molecule has 1 heterocycles. The third-order valence-electron chi connectivity index (χ3n) is 2.58. The van der Waals surface area contributed by atoms with Crippen LogP contribution in [0.1, 0.15) is 29.8 Å². The first kappa shape index (κ1) is 12.6. The lowest BCUT2D eigenvalue weighted by atomic mass is 9.96. The van der Waals surface area contributed by atoms with E-state index >= 15 is 0 Å². The molecule has 0 radical (unpaired) electrons. The van der Waals surface area contributed by atoms with Gasteiger partial charge < -0.3 is 11.1 Å². The topological polar surface area (TPSA) is 68.0 Å². The van der Waals surface area contributed by atoms with Crippen LogP contribution in [0.25, 0.3) is 0 Å². The highest BCUT2D eigenvalue weighted by molar-refractivity contribution is 6.02. The van der Waals surface area contributed by atoms with Gasteiger partial charge in [0.1, 0.15) is 5.82 Å². The molecule has 0 fully saturated rings. The van der Waals surface area contributed by atoms with Crippen LogP contribution < -0.4 is 11.1 Å². The van der Waals surface area contributed by atoms with Crippen molar-refractivity contribution in [3.8, 4) is 0 Å². The second kappa shape index (κ2) is 5.61. The highest BCUT2D eigenvalue weighted by Gasteiger charge is 2.19. The van der Waals surface area contributed by atoms with Crippen LogP contribution in [0.2, 0.25) is 0 Å². The summed E-state index contributed by atoms with van der Waals surface area (Å²) in [4.78, 5) is 16.1. The van der Waals surface area contributed by atoms with Crippen LogP contribution >= 0.6 is 0 Å². The minimum atomic E-state index is -0.0786. The van der Waals surface area contributed by atoms with Crippen LogP contribution in [0.15, 0.2) is 12.3 Å². The molecule has 0 aliphatic heterocycles. The molecule has 0 aliphatic rings. The number of rotatable bonds is 5. The molecule has 4 nitrogen and oxygen atoms in total. The van der Waals surface area contributed by atoms with Gasteiger partial charge in [-0.3, -0.25) is 4.79 Å². The summed E-state index contributed by atoms with van der Waals surface area (Å²) in [6.45, 7) is 7.32. The van der Waals surface area contributed by atoms with Crippen molar-refractivity contribution in [2.75, 3.05) is 18.8 Å². The van der Waals surface area contributed by atoms with E-state index in [1.54, 1.807) is 6.20 Å². The van der Waals surface area contributed by atoms with Gasteiger partial charge in [-0.05, 0) is 25.1 Å². The normalized spacial score (nSPS) is 12.4. The van der Waals surface area contributed by atoms with Gasteiger partial charge >= 0.3 is 0 Å². The standard InChI is InChI=1S/C12H19N3O/c1-4-14-7-9(3)11(16)10-8(2)5-6-15-12(10)13/h5-6,9,14H,4,7H2,1-3H3,(H2,13,15). The number of ketones is 1. The van der Waals surface area contributed by atoms with Crippen molar-refractivity contribution >= 4 is 11.6 Å². The zero-order chi connectivity index (χ0) is 12.1. The van der Waals surface area contributed by atoms with Gasteiger partial charge in [-0.2, -0.15) is 0 Å². The average molecular weight is 221 g/mol. The SMILES string of the molecule is CCNCC(C)C(=O)c1c(C)ccnc1N. The van der Waals surface area contributed by atoms with E-state index in [9.17, 15) is 4.79 Å². The molecule has 0 saturated heterocycles. The Kier molecular flexibility index (Phi) is 4.43. The van der Waals surface area contributed by atoms with Crippen molar-refractivity contribution in [3.63, 3.8) is 0 Å². The number of aryl methyl sites for hydroxylation is 1. The molecular formula is C12H19N3O. The molecular weight excluding hydrogens is 202 g/mol. The quantitative estimate of drug-likeness (QED) is 0.737. The Morgan fingerprint density at radius 1 is 1.62 bits per heavy atom. The highest BCUT2D eigenvalue weighted by atomic mass is 16.1. The van der Waals surface area contributed by atoms with E-state index < -0.39 is 0 Å². The first-order valence-electron chi connectivity index (χ1n) is 5.54. The van der Waals surface area contributed by atoms with Gasteiger partial charge in [-0.1, -0.05) is 13.8 Å². The van der Waals surface area contributed by atoms with Crippen molar-refractivity contribution in [2.45, 2.75) is 20.8 Å². The number of nitrogens with zero attached hydrogens (tertiary/aromatic N) is 1. The molecule has 16 heavy (non-hydrogen) atoms. The average Bonchev–Trinajstić information content (AvgIpc) is 2.25. The molecule has 88 valence electrons. The van der Waals surface area contributed by atoms with Gasteiger partial charge in [0.2, 0.25) is 0 Å². The molecule has 1 rings (SSSR count). The molecule has 1 unspecified atom stereocenters. The lowest BCUT2D eigenvalue weighted by molar-refractivity contribution is 0.0929. The number of pyridine rings is 1. The molecule has 4 heteroatoms. The molecule has 0 saturated carbocycles. The first-order chi connectivity index (χ1) is 7.57. The number of carbonyl (C=O) groups excluding carboxylic acids is 1. The van der Waals surface area contributed by atoms with Crippen LogP contribution in [0.4, 0.5) is 5.82 Å². The Morgan fingerprint density at radius 2 is 2.31 bits per heavy atom. The zero-order valence-corrected chi connectivity index (χ0v) is 10.1. The van der Waals surface area contributed by atoms with E-state index in [-0.39, 0.29) is 11.7 Å². The fraction of sp³-hybridized carbons (Fsp3) is 0.500. The van der Waals surface area contributed by atoms with E-state index in [1.807, 2.05) is 26.8 Å². The van der Waals surface area contributed by atoms with Crippen molar-refractivity contribution in [1.82, 2.24) is 10.3 Å². The number of nitrogens with one attached hydrogen (secondary N) is 1. The van der Waals surface area contributed by atoms with Gasteiger partial charge in [-0.25, -0.2) is 4.98 Å². The van der Waals surface area contributed by atoms with Crippen LogP contribution in [-0.2, 0) is 0 Å². The Labute approximate surface area is 96.3 Å². The summed E-state index contributed by atoms with van der Waals surface area (Å²) in [5.74, 6) is 0.308. The molecule has 1 atom stereocenters. The van der Waals surface area contributed by atoms with Crippen LogP contribution in [-0.4, -0.2) is 23.9 Å². The predicted molar refractivity (Wildman–Crippen MR) is 65.4 cm³/mol. The van der Waals surface area contributed by atoms with Crippen LogP contribution in [0, 0.1) is 12.8 Å². The monoisotopic (exact) mass is 221 g/mol. The Balaban J connectivity index is 2.87. The predicted octanol–water partition coefficient (Wildman–Crippen LogP) is 1.40. The summed E-state index contributed by atoms with van der Waals surface area (Å²) in [7, 11) is 0. The fourth-order valence-corrected chi connectivity index (χ4v) is 1.60. The lowest BCUT2D eigenvalue weighted by Crippen LogP contribution is -2.27. The smallest absolute Gasteiger partial charge is 0.170 e. The van der Waals surface area contributed by atoms with Gasteiger partial charge in [0.25, 0.3) is 0 Å². The number of hydrogen-bond donors (Lipinski definition) is 2. The van der Waals surface area contributed by atoms with Crippen LogP contribution in [0.5, 0.6) is 0 Å². The molecule has 1 aromatic rings. The van der Waals surface area contributed by atoms with Gasteiger partial charge in [-0.15, -0.1) is 0 Å². The minimum Gasteiger partial charge on any atom is -0.383 e. The molecule has 0 aromatic carbocycles. The summed E-state index contributed by atoms with van der Waals surface area (Å²) in [5.41, 5.74) is 7.19. The maximum atomic E-state index is 12.1. The number of aromatic nitrogens is 1. The maximum Gasteiger partial charge on any atom is 0.170 e. The van der Waals surface area contributed by atoms with E-state index in [2.05, 4.69) is 10.3 Å². The number of nitrogen functional groups attached to an aromatic ring is 1. The summed E-state index contributed by atoms with van der Waals surface area (Å²) in [6.07, 6.45) is 1.62. The second-order valence-electron chi connectivity index (χ2n) is 3.96. The Hall–Kier alpha value is -1.42. The summed E-state index contributed by atoms with van der Waals surface area (Å²) >= 11 is 0. The zero-order valence-electron chi connectivity index (χ0n) is 10.1. The molecule has 3 N–H and O–H groups in total. The summed E-state index contributed by atoms with van der Waals surface area (Å²) in [6, 6.07) is 1.81. The van der Waals surface area contributed by atoms with Crippen molar-refractivity contribution in [2.24, 2.45) is 5.92 Å². The van der Waals surface area contributed by atoms with Gasteiger partial charge in [0.05, 0.1) is 5.56 Å². The van der Waals surface area contributed by atoms with E-state index in [0.29, 0.717) is 17.9 Å². The lowest BCUT2D eigenvalue weighted by Gasteiger charge is -2.13. The van der Waals surface area contributed by atoms with Gasteiger partial charge in [0.15, 0.2) is 5.78 Å². The number of Topliss-reactive ketones (excluding diaryl/α,β-unsaturated/α-hetero) is 1. The molecule has 0 bridgehead atoms. The molecule has 0 amide bonds. The number of nitrogens with two attached hydrogens (primary N) is 1. The molecule has 0 spiro atoms. The summed E-state index contributed by atoms with van der Waals surface area (Å²) < 4.78 is 0. The third-order valence-corrected chi connectivity index (χ3v) is 2.58. The van der Waals surface area contributed by atoms with E-state index in [0.717, 1.165) is 12.1 Å². The first-order valence-corrected chi connectivity index (χ1v) is 5.54. The number of carbonyl (C=O) groups is 1. The summed E-state index contributed by atoms with van der Waals surface area (Å²) in [5, 5.41) is 3.16. The van der Waals surface area contributed by atoms with E-state index in [4.69, 9.17) is 5.73 Å². The molecule has 0 aliphatic carbocycles. The minimum absolute atomic E-state index is 0.0593. The molecule has 1 aromatic heterocycles. The maximum absolute atomic E-state index is 12.1. The fourth-order valence-electron chi connectivity index (χ4n) is 1.60. The van der Waals surface area contributed by atoms with Gasteiger partial charge in [0, 0.05) is 18.7 Å². The number of hydrogen-bond acceptors (Lipinski definition) is 4. The third kappa shape index (κ3) is 2.79. The second-order valence-corrected chi connectivity index (χ2v) is 3.96. The van der Waals surface area contributed by atoms with Crippen LogP contribution in [0.3, 0.4) is 0 Å². The van der Waals surface area contributed by atoms with Crippen molar-refractivity contribution < 1.29 is 4.79 Å². The van der Waals surface area contributed by atoms with E-state index in [1.165, 1.54) is 0 Å².